The summed E-state index contributed by atoms with van der Waals surface area (Å²) in [6.07, 6.45) is 0.508. The van der Waals surface area contributed by atoms with Gasteiger partial charge in [-0.1, -0.05) is 27.7 Å². The Morgan fingerprint density at radius 1 is 1.20 bits per heavy atom. The lowest BCUT2D eigenvalue weighted by atomic mass is 10.1. The Morgan fingerprint density at radius 3 is 1.93 bits per heavy atom. The molecule has 4 nitrogen and oxygen atoms in total. The lowest BCUT2D eigenvalue weighted by Gasteiger charge is -2.13. The third-order valence-electron chi connectivity index (χ3n) is 2.11. The van der Waals surface area contributed by atoms with Crippen molar-refractivity contribution in [3.05, 3.63) is 0 Å². The van der Waals surface area contributed by atoms with Crippen molar-refractivity contribution in [2.24, 2.45) is 5.92 Å². The Kier molecular flexibility index (Phi) is 5.82. The maximum absolute atomic E-state index is 11.2. The largest absolute Gasteiger partial charge is 0.297 e. The highest BCUT2D eigenvalue weighted by atomic mass is 16.2. The first-order valence-corrected chi connectivity index (χ1v) is 5.38. The highest BCUT2D eigenvalue weighted by Gasteiger charge is 2.30. The quantitative estimate of drug-likeness (QED) is 0.666. The topological polar surface area (TPSA) is 54.5 Å². The fourth-order valence-corrected chi connectivity index (χ4v) is 1.14. The first kappa shape index (κ1) is 13.8. The van der Waals surface area contributed by atoms with Gasteiger partial charge in [-0.25, -0.2) is 0 Å². The highest BCUT2D eigenvalue weighted by Crippen LogP contribution is 2.12. The van der Waals surface area contributed by atoms with Crippen molar-refractivity contribution in [3.63, 3.8) is 0 Å². The summed E-state index contributed by atoms with van der Waals surface area (Å²) in [6, 6.07) is 0. The van der Waals surface area contributed by atoms with Crippen LogP contribution in [0.2, 0.25) is 0 Å². The summed E-state index contributed by atoms with van der Waals surface area (Å²) < 4.78 is 0. The molecule has 1 aliphatic heterocycles. The smallest absolute Gasteiger partial charge is 0.230 e. The first-order valence-electron chi connectivity index (χ1n) is 5.38. The number of likely N-dealkylation sites (tertiary alicyclic amines) is 1. The van der Waals surface area contributed by atoms with Crippen LogP contribution in [0.15, 0.2) is 0 Å². The van der Waals surface area contributed by atoms with E-state index in [9.17, 15) is 14.4 Å². The van der Waals surface area contributed by atoms with Crippen LogP contribution in [0.25, 0.3) is 0 Å². The molecule has 1 rings (SSSR count). The average Bonchev–Trinajstić information content (AvgIpc) is 2.52. The van der Waals surface area contributed by atoms with Crippen molar-refractivity contribution < 1.29 is 14.4 Å². The summed E-state index contributed by atoms with van der Waals surface area (Å²) >= 11 is 0. The maximum Gasteiger partial charge on any atom is 0.230 e. The number of carbonyl (C=O) groups is 3. The minimum absolute atomic E-state index is 0.0463. The zero-order valence-corrected chi connectivity index (χ0v) is 9.87. The van der Waals surface area contributed by atoms with E-state index >= 15 is 0 Å². The lowest BCUT2D eigenvalue weighted by molar-refractivity contribution is -0.142. The molecular formula is C11H19NO3. The number of nitrogens with zero attached hydrogens (tertiary/aromatic N) is 1. The summed E-state index contributed by atoms with van der Waals surface area (Å²) in [5.41, 5.74) is 0. The molecular weight excluding hydrogens is 194 g/mol. The summed E-state index contributed by atoms with van der Waals surface area (Å²) in [5.74, 6) is -0.636. The fourth-order valence-electron chi connectivity index (χ4n) is 1.14. The maximum atomic E-state index is 11.2. The molecule has 0 aromatic carbocycles. The Hall–Kier alpha value is -1.19. The standard InChI is InChI=1S/C9H13NO3.C2H6/c1-6(2)7(11)5-10-8(12)3-4-9(10)13;1-2/h6H,3-5H2,1-2H3;1-2H3. The van der Waals surface area contributed by atoms with E-state index in [1.165, 1.54) is 0 Å². The molecule has 0 unspecified atom stereocenters. The van der Waals surface area contributed by atoms with Crippen molar-refractivity contribution in [3.8, 4) is 0 Å². The summed E-state index contributed by atoms with van der Waals surface area (Å²) in [4.78, 5) is 34.5. The lowest BCUT2D eigenvalue weighted by Crippen LogP contribution is -2.35. The van der Waals surface area contributed by atoms with Gasteiger partial charge in [0.05, 0.1) is 6.54 Å². The van der Waals surface area contributed by atoms with E-state index in [2.05, 4.69) is 0 Å². The van der Waals surface area contributed by atoms with Crippen LogP contribution in [0.1, 0.15) is 40.5 Å². The molecule has 2 amide bonds. The van der Waals surface area contributed by atoms with E-state index in [1.54, 1.807) is 13.8 Å². The van der Waals surface area contributed by atoms with Crippen LogP contribution in [-0.4, -0.2) is 29.0 Å². The minimum atomic E-state index is -0.223. The monoisotopic (exact) mass is 213 g/mol. The van der Waals surface area contributed by atoms with Crippen LogP contribution >= 0.6 is 0 Å². The molecule has 1 saturated heterocycles. The number of Topliss-reactive ketones (excluding diaryl/α,β-unsaturated/α-hetero) is 1. The van der Waals surface area contributed by atoms with Gasteiger partial charge in [0.25, 0.3) is 0 Å². The molecule has 86 valence electrons. The Bertz CT molecular complexity index is 243. The normalized spacial score (nSPS) is 15.4. The van der Waals surface area contributed by atoms with Gasteiger partial charge < -0.3 is 0 Å². The van der Waals surface area contributed by atoms with Crippen LogP contribution in [0.3, 0.4) is 0 Å². The molecule has 0 N–H and O–H groups in total. The summed E-state index contributed by atoms with van der Waals surface area (Å²) in [6.45, 7) is 7.47. The number of ketones is 1. The number of hydrogen-bond acceptors (Lipinski definition) is 3. The molecule has 0 atom stereocenters. The average molecular weight is 213 g/mol. The molecule has 0 radical (unpaired) electrons. The van der Waals surface area contributed by atoms with Crippen LogP contribution in [0, 0.1) is 5.92 Å². The Balaban J connectivity index is 0.000000921. The third-order valence-corrected chi connectivity index (χ3v) is 2.11. The first-order chi connectivity index (χ1) is 7.02. The molecule has 0 saturated carbocycles. The van der Waals surface area contributed by atoms with E-state index in [0.717, 1.165) is 4.90 Å². The van der Waals surface area contributed by atoms with Crippen molar-refractivity contribution in [2.45, 2.75) is 40.5 Å². The van der Waals surface area contributed by atoms with Crippen molar-refractivity contribution in [1.29, 1.82) is 0 Å². The van der Waals surface area contributed by atoms with E-state index in [1.807, 2.05) is 13.8 Å². The van der Waals surface area contributed by atoms with Gasteiger partial charge in [-0.2, -0.15) is 0 Å². The molecule has 0 bridgehead atoms. The van der Waals surface area contributed by atoms with E-state index in [-0.39, 0.29) is 42.9 Å². The van der Waals surface area contributed by atoms with Gasteiger partial charge in [0.2, 0.25) is 11.8 Å². The molecule has 4 heteroatoms. The molecule has 0 aromatic heterocycles. The van der Waals surface area contributed by atoms with Crippen LogP contribution in [0.4, 0.5) is 0 Å². The zero-order chi connectivity index (χ0) is 12.0. The Morgan fingerprint density at radius 2 is 1.60 bits per heavy atom. The molecule has 1 fully saturated rings. The number of imide groups is 1. The van der Waals surface area contributed by atoms with Crippen LogP contribution < -0.4 is 0 Å². The van der Waals surface area contributed by atoms with E-state index < -0.39 is 0 Å². The molecule has 1 heterocycles. The van der Waals surface area contributed by atoms with Gasteiger partial charge in [0.15, 0.2) is 5.78 Å². The molecule has 0 spiro atoms. The molecule has 15 heavy (non-hydrogen) atoms. The predicted octanol–water partition coefficient (Wildman–Crippen LogP) is 1.39. The van der Waals surface area contributed by atoms with Gasteiger partial charge in [-0.3, -0.25) is 19.3 Å². The second kappa shape index (κ2) is 6.32. The van der Waals surface area contributed by atoms with Gasteiger partial charge in [0.1, 0.15) is 0 Å². The number of rotatable bonds is 3. The van der Waals surface area contributed by atoms with Gasteiger partial charge >= 0.3 is 0 Å². The second-order valence-electron chi connectivity index (χ2n) is 3.49. The molecule has 0 aliphatic carbocycles. The highest BCUT2D eigenvalue weighted by molar-refractivity contribution is 6.04. The SMILES string of the molecule is CC.CC(C)C(=O)CN1C(=O)CCC1=O. The van der Waals surface area contributed by atoms with E-state index in [0.29, 0.717) is 0 Å². The zero-order valence-electron chi connectivity index (χ0n) is 9.87. The van der Waals surface area contributed by atoms with Gasteiger partial charge in [-0.15, -0.1) is 0 Å². The van der Waals surface area contributed by atoms with Crippen molar-refractivity contribution >= 4 is 17.6 Å². The van der Waals surface area contributed by atoms with Crippen molar-refractivity contribution in [1.82, 2.24) is 4.90 Å². The van der Waals surface area contributed by atoms with E-state index in [4.69, 9.17) is 0 Å². The summed E-state index contributed by atoms with van der Waals surface area (Å²) in [5, 5.41) is 0. The number of hydrogen-bond donors (Lipinski definition) is 0. The Labute approximate surface area is 90.6 Å². The fraction of sp³-hybridized carbons (Fsp3) is 0.727. The molecule has 0 aromatic rings. The van der Waals surface area contributed by atoms with Crippen LogP contribution in [0.5, 0.6) is 0 Å². The van der Waals surface area contributed by atoms with Gasteiger partial charge in [-0.05, 0) is 0 Å². The van der Waals surface area contributed by atoms with Gasteiger partial charge in [0, 0.05) is 18.8 Å². The van der Waals surface area contributed by atoms with Crippen LogP contribution in [-0.2, 0) is 14.4 Å². The minimum Gasteiger partial charge on any atom is -0.297 e. The second-order valence-corrected chi connectivity index (χ2v) is 3.49. The predicted molar refractivity (Wildman–Crippen MR) is 57.1 cm³/mol. The number of carbonyl (C=O) groups excluding carboxylic acids is 3. The summed E-state index contributed by atoms with van der Waals surface area (Å²) in [7, 11) is 0. The van der Waals surface area contributed by atoms with Crippen molar-refractivity contribution in [2.75, 3.05) is 6.54 Å². The molecule has 1 aliphatic rings. The number of amides is 2. The third kappa shape index (κ3) is 3.81.